The third-order valence-corrected chi connectivity index (χ3v) is 4.91. The summed E-state index contributed by atoms with van der Waals surface area (Å²) in [6, 6.07) is 12.8. The molecule has 0 aliphatic heterocycles. The van der Waals surface area contributed by atoms with Gasteiger partial charge in [0.05, 0.1) is 5.39 Å². The highest BCUT2D eigenvalue weighted by molar-refractivity contribution is 5.98. The maximum atomic E-state index is 13.1. The summed E-state index contributed by atoms with van der Waals surface area (Å²) in [4.78, 5) is 30.5. The number of hydrogen-bond donors (Lipinski definition) is 1. The van der Waals surface area contributed by atoms with Crippen molar-refractivity contribution in [2.75, 3.05) is 13.7 Å². The number of carbonyl (C=O) groups excluding carboxylic acids is 1. The van der Waals surface area contributed by atoms with Gasteiger partial charge in [0.1, 0.15) is 22.8 Å². The maximum Gasteiger partial charge on any atom is 0.268 e. The first-order valence-corrected chi connectivity index (χ1v) is 9.60. The van der Waals surface area contributed by atoms with Gasteiger partial charge in [0.25, 0.3) is 11.5 Å². The van der Waals surface area contributed by atoms with Crippen molar-refractivity contribution in [1.82, 2.24) is 19.3 Å². The van der Waals surface area contributed by atoms with Crippen LogP contribution in [0.1, 0.15) is 22.5 Å². The molecule has 0 saturated heterocycles. The number of amides is 1. The SMILES string of the molecule is COCCCn1c(C(=O)NCc2ccc(F)cc2)cc2c(=O)n3ccccc3nc21. The molecule has 7 nitrogen and oxygen atoms in total. The number of fused-ring (bicyclic) bond motifs is 2. The van der Waals surface area contributed by atoms with Crippen LogP contribution in [0.5, 0.6) is 0 Å². The van der Waals surface area contributed by atoms with Gasteiger partial charge in [0.2, 0.25) is 0 Å². The first-order chi connectivity index (χ1) is 14.6. The normalized spacial score (nSPS) is 11.3. The van der Waals surface area contributed by atoms with Crippen LogP contribution in [0, 0.1) is 5.82 Å². The van der Waals surface area contributed by atoms with Gasteiger partial charge < -0.3 is 14.6 Å². The van der Waals surface area contributed by atoms with E-state index in [1.165, 1.54) is 16.5 Å². The Morgan fingerprint density at radius 2 is 2.00 bits per heavy atom. The van der Waals surface area contributed by atoms with Gasteiger partial charge in [-0.2, -0.15) is 0 Å². The number of nitrogens with zero attached hydrogens (tertiary/aromatic N) is 3. The van der Waals surface area contributed by atoms with Crippen molar-refractivity contribution in [1.29, 1.82) is 0 Å². The molecule has 0 unspecified atom stereocenters. The van der Waals surface area contributed by atoms with Crippen LogP contribution >= 0.6 is 0 Å². The number of aromatic nitrogens is 3. The predicted molar refractivity (Wildman–Crippen MR) is 111 cm³/mol. The molecule has 8 heteroatoms. The van der Waals surface area contributed by atoms with Crippen LogP contribution in [0.4, 0.5) is 4.39 Å². The van der Waals surface area contributed by atoms with E-state index in [-0.39, 0.29) is 23.8 Å². The summed E-state index contributed by atoms with van der Waals surface area (Å²) in [5.41, 5.74) is 1.88. The van der Waals surface area contributed by atoms with E-state index in [0.29, 0.717) is 41.9 Å². The molecule has 1 aromatic carbocycles. The van der Waals surface area contributed by atoms with Crippen molar-refractivity contribution in [3.05, 3.63) is 82.2 Å². The molecule has 0 bridgehead atoms. The van der Waals surface area contributed by atoms with Gasteiger partial charge in [-0.15, -0.1) is 0 Å². The Balaban J connectivity index is 1.72. The number of benzene rings is 1. The first-order valence-electron chi connectivity index (χ1n) is 9.60. The molecular weight excluding hydrogens is 387 g/mol. The molecular formula is C22H21FN4O3. The highest BCUT2D eigenvalue weighted by atomic mass is 19.1. The molecule has 4 rings (SSSR count). The van der Waals surface area contributed by atoms with Gasteiger partial charge in [-0.05, 0) is 42.3 Å². The lowest BCUT2D eigenvalue weighted by atomic mass is 10.2. The molecule has 0 fully saturated rings. The van der Waals surface area contributed by atoms with Crippen LogP contribution in [0.15, 0.2) is 59.5 Å². The Labute approximate surface area is 171 Å². The summed E-state index contributed by atoms with van der Waals surface area (Å²) in [6.07, 6.45) is 2.31. The first kappa shape index (κ1) is 19.8. The van der Waals surface area contributed by atoms with Crippen molar-refractivity contribution in [2.24, 2.45) is 0 Å². The van der Waals surface area contributed by atoms with Crippen LogP contribution in [-0.4, -0.2) is 33.6 Å². The number of pyridine rings is 1. The number of aryl methyl sites for hydroxylation is 1. The zero-order chi connectivity index (χ0) is 21.1. The molecule has 1 amide bonds. The number of carbonyl (C=O) groups is 1. The lowest BCUT2D eigenvalue weighted by Crippen LogP contribution is -2.25. The molecule has 30 heavy (non-hydrogen) atoms. The molecule has 0 radical (unpaired) electrons. The fraction of sp³-hybridized carbons (Fsp3) is 0.227. The minimum absolute atomic E-state index is 0.228. The molecule has 154 valence electrons. The molecule has 0 saturated carbocycles. The molecule has 1 N–H and O–H groups in total. The third kappa shape index (κ3) is 3.81. The zero-order valence-corrected chi connectivity index (χ0v) is 16.5. The molecule has 0 spiro atoms. The standard InChI is InChI=1S/C22H21FN4O3/c1-30-12-4-11-26-18(21(28)24-14-15-6-8-16(23)9-7-15)13-17-20(26)25-19-5-2-3-10-27(19)22(17)29/h2-3,5-10,13H,4,11-12,14H2,1H3,(H,24,28). The molecule has 3 heterocycles. The highest BCUT2D eigenvalue weighted by Crippen LogP contribution is 2.17. The average Bonchev–Trinajstić information content (AvgIpc) is 3.12. The minimum Gasteiger partial charge on any atom is -0.385 e. The van der Waals surface area contributed by atoms with Gasteiger partial charge in [0, 0.05) is 33.0 Å². The van der Waals surface area contributed by atoms with Crippen LogP contribution in [0.3, 0.4) is 0 Å². The highest BCUT2D eigenvalue weighted by Gasteiger charge is 2.19. The summed E-state index contributed by atoms with van der Waals surface area (Å²) in [5.74, 6) is -0.662. The summed E-state index contributed by atoms with van der Waals surface area (Å²) in [5, 5.41) is 3.22. The molecule has 0 aliphatic carbocycles. The summed E-state index contributed by atoms with van der Waals surface area (Å²) >= 11 is 0. The van der Waals surface area contributed by atoms with Gasteiger partial charge in [-0.25, -0.2) is 9.37 Å². The second-order valence-electron chi connectivity index (χ2n) is 6.92. The number of methoxy groups -OCH3 is 1. The Morgan fingerprint density at radius 1 is 1.20 bits per heavy atom. The Kier molecular flexibility index (Phi) is 5.58. The quantitative estimate of drug-likeness (QED) is 0.477. The van der Waals surface area contributed by atoms with E-state index in [9.17, 15) is 14.0 Å². The van der Waals surface area contributed by atoms with E-state index in [1.54, 1.807) is 48.2 Å². The van der Waals surface area contributed by atoms with E-state index in [2.05, 4.69) is 10.3 Å². The molecule has 0 atom stereocenters. The largest absolute Gasteiger partial charge is 0.385 e. The average molecular weight is 408 g/mol. The summed E-state index contributed by atoms with van der Waals surface area (Å²) in [7, 11) is 1.61. The summed E-state index contributed by atoms with van der Waals surface area (Å²) < 4.78 is 21.4. The van der Waals surface area contributed by atoms with E-state index < -0.39 is 0 Å². The van der Waals surface area contributed by atoms with Crippen molar-refractivity contribution in [3.8, 4) is 0 Å². The fourth-order valence-electron chi connectivity index (χ4n) is 3.41. The van der Waals surface area contributed by atoms with Crippen molar-refractivity contribution in [3.63, 3.8) is 0 Å². The van der Waals surface area contributed by atoms with Crippen LogP contribution in [-0.2, 0) is 17.8 Å². The van der Waals surface area contributed by atoms with E-state index in [0.717, 1.165) is 5.56 Å². The van der Waals surface area contributed by atoms with E-state index >= 15 is 0 Å². The smallest absolute Gasteiger partial charge is 0.268 e. The lowest BCUT2D eigenvalue weighted by molar-refractivity contribution is 0.0941. The summed E-state index contributed by atoms with van der Waals surface area (Å²) in [6.45, 7) is 1.24. The van der Waals surface area contributed by atoms with Crippen molar-refractivity contribution in [2.45, 2.75) is 19.5 Å². The lowest BCUT2D eigenvalue weighted by Gasteiger charge is -2.11. The Hall–Kier alpha value is -3.52. The number of ether oxygens (including phenoxy) is 1. The van der Waals surface area contributed by atoms with Crippen molar-refractivity contribution >= 4 is 22.6 Å². The monoisotopic (exact) mass is 408 g/mol. The number of hydrogen-bond acceptors (Lipinski definition) is 4. The molecule has 4 aromatic rings. The van der Waals surface area contributed by atoms with Gasteiger partial charge in [-0.3, -0.25) is 14.0 Å². The maximum absolute atomic E-state index is 13.1. The third-order valence-electron chi connectivity index (χ3n) is 4.91. The zero-order valence-electron chi connectivity index (χ0n) is 16.5. The Bertz CT molecular complexity index is 1260. The number of halogens is 1. The minimum atomic E-state index is -0.332. The van der Waals surface area contributed by atoms with E-state index in [1.807, 2.05) is 6.07 Å². The topological polar surface area (TPSA) is 77.6 Å². The van der Waals surface area contributed by atoms with Crippen LogP contribution in [0.25, 0.3) is 16.7 Å². The van der Waals surface area contributed by atoms with Crippen molar-refractivity contribution < 1.29 is 13.9 Å². The fourth-order valence-corrected chi connectivity index (χ4v) is 3.41. The van der Waals surface area contributed by atoms with E-state index in [4.69, 9.17) is 4.74 Å². The number of rotatable bonds is 7. The van der Waals surface area contributed by atoms with Gasteiger partial charge in [0.15, 0.2) is 0 Å². The number of nitrogens with one attached hydrogen (secondary N) is 1. The van der Waals surface area contributed by atoms with Crippen LogP contribution < -0.4 is 10.9 Å². The molecule has 3 aromatic heterocycles. The van der Waals surface area contributed by atoms with Gasteiger partial charge in [-0.1, -0.05) is 18.2 Å². The predicted octanol–water partition coefficient (Wildman–Crippen LogP) is 2.75. The second kappa shape index (κ2) is 8.46. The van der Waals surface area contributed by atoms with Gasteiger partial charge >= 0.3 is 0 Å². The molecule has 0 aliphatic rings. The Morgan fingerprint density at radius 3 is 2.77 bits per heavy atom. The van der Waals surface area contributed by atoms with Crippen LogP contribution in [0.2, 0.25) is 0 Å². The second-order valence-corrected chi connectivity index (χ2v) is 6.92.